The first-order valence-electron chi connectivity index (χ1n) is 8.46. The summed E-state index contributed by atoms with van der Waals surface area (Å²) in [6.45, 7) is -0.700. The van der Waals surface area contributed by atoms with E-state index < -0.39 is 37.3 Å². The van der Waals surface area contributed by atoms with Crippen molar-refractivity contribution in [1.29, 1.82) is 0 Å². The number of nitrogens with zero attached hydrogens (tertiary/aromatic N) is 4. The van der Waals surface area contributed by atoms with Crippen LogP contribution in [-0.2, 0) is 17.7 Å². The van der Waals surface area contributed by atoms with Crippen LogP contribution in [0.5, 0.6) is 0 Å². The van der Waals surface area contributed by atoms with E-state index in [0.29, 0.717) is 16.9 Å². The zero-order chi connectivity index (χ0) is 20.5. The van der Waals surface area contributed by atoms with Crippen LogP contribution in [0.15, 0.2) is 18.5 Å². The molecule has 2 aromatic heterocycles. The van der Waals surface area contributed by atoms with E-state index in [9.17, 15) is 26.7 Å². The molecule has 3 heterocycles. The molecule has 0 aromatic carbocycles. The van der Waals surface area contributed by atoms with Gasteiger partial charge in [-0.25, -0.2) is 23.1 Å². The van der Waals surface area contributed by atoms with Crippen LogP contribution in [0.2, 0.25) is 0 Å². The maximum atomic E-state index is 13.5. The lowest BCUT2D eigenvalue weighted by Gasteiger charge is -2.32. The van der Waals surface area contributed by atoms with Crippen molar-refractivity contribution in [3.05, 3.63) is 29.7 Å². The Hall–Kier alpha value is -2.50. The molecule has 28 heavy (non-hydrogen) atoms. The van der Waals surface area contributed by atoms with Gasteiger partial charge in [-0.1, -0.05) is 0 Å². The van der Waals surface area contributed by atoms with Gasteiger partial charge in [-0.3, -0.25) is 0 Å². The average molecular weight is 407 g/mol. The quantitative estimate of drug-likeness (QED) is 0.747. The number of hydrogen-bond donors (Lipinski definition) is 1. The van der Waals surface area contributed by atoms with Gasteiger partial charge in [0.2, 0.25) is 0 Å². The third kappa shape index (κ3) is 4.86. The van der Waals surface area contributed by atoms with E-state index in [0.717, 1.165) is 11.8 Å². The van der Waals surface area contributed by atoms with Crippen molar-refractivity contribution in [3.8, 4) is 0 Å². The molecular weight excluding hydrogens is 389 g/mol. The lowest BCUT2D eigenvalue weighted by Crippen LogP contribution is -2.56. The molecule has 0 spiro atoms. The lowest BCUT2D eigenvalue weighted by atomic mass is 10.2. The van der Waals surface area contributed by atoms with Crippen LogP contribution >= 0.6 is 0 Å². The standard InChI is InChI=1S/C16H18F5N5O2/c1-10(16(19,20)21)28-3-2-12-7-26-13(24-12)4-11(5-23-26)6-25-9-15(17,18)8-22-14(25)27/h4-5,7,10H,2-3,6,8-9H2,1H3,(H,22,27). The van der Waals surface area contributed by atoms with Crippen molar-refractivity contribution < 1.29 is 31.5 Å². The number of hydrogen-bond acceptors (Lipinski definition) is 4. The van der Waals surface area contributed by atoms with Gasteiger partial charge < -0.3 is 15.0 Å². The molecule has 1 atom stereocenters. The SMILES string of the molecule is CC(OCCc1cn2ncc(CN3CC(F)(F)CNC3=O)cc2n1)C(F)(F)F. The normalized spacial score (nSPS) is 18.4. The summed E-state index contributed by atoms with van der Waals surface area (Å²) >= 11 is 0. The minimum atomic E-state index is -4.42. The van der Waals surface area contributed by atoms with Crippen LogP contribution in [0, 0.1) is 0 Å². The smallest absolute Gasteiger partial charge is 0.369 e. The average Bonchev–Trinajstić information content (AvgIpc) is 2.99. The molecule has 1 aliphatic heterocycles. The van der Waals surface area contributed by atoms with Gasteiger partial charge in [-0.05, 0) is 18.6 Å². The second-order valence-corrected chi connectivity index (χ2v) is 6.57. The number of carbonyl (C=O) groups excluding carboxylic acids is 1. The van der Waals surface area contributed by atoms with Gasteiger partial charge in [0.05, 0.1) is 37.8 Å². The molecule has 154 valence electrons. The van der Waals surface area contributed by atoms with Gasteiger partial charge in [0.25, 0.3) is 5.92 Å². The second kappa shape index (κ2) is 7.49. The van der Waals surface area contributed by atoms with Crippen LogP contribution in [0.4, 0.5) is 26.7 Å². The molecule has 0 aliphatic carbocycles. The summed E-state index contributed by atoms with van der Waals surface area (Å²) in [5.74, 6) is -3.01. The molecular formula is C16H18F5N5O2. The van der Waals surface area contributed by atoms with Gasteiger partial charge >= 0.3 is 12.2 Å². The Kier molecular flexibility index (Phi) is 5.41. The van der Waals surface area contributed by atoms with Crippen molar-refractivity contribution in [2.75, 3.05) is 19.7 Å². The highest BCUT2D eigenvalue weighted by molar-refractivity contribution is 5.75. The summed E-state index contributed by atoms with van der Waals surface area (Å²) in [5.41, 5.74) is 1.36. The Morgan fingerprint density at radius 3 is 2.86 bits per heavy atom. The molecule has 2 aromatic rings. The van der Waals surface area contributed by atoms with Crippen LogP contribution in [-0.4, -0.2) is 63.4 Å². The number of nitrogens with one attached hydrogen (secondary N) is 1. The minimum absolute atomic E-state index is 0.0701. The molecule has 1 unspecified atom stereocenters. The van der Waals surface area contributed by atoms with Crippen molar-refractivity contribution in [1.82, 2.24) is 24.8 Å². The van der Waals surface area contributed by atoms with E-state index in [2.05, 4.69) is 15.4 Å². The number of rotatable bonds is 6. The summed E-state index contributed by atoms with van der Waals surface area (Å²) in [6.07, 6.45) is -3.18. The molecule has 0 radical (unpaired) electrons. The fourth-order valence-electron chi connectivity index (χ4n) is 2.68. The zero-order valence-corrected chi connectivity index (χ0v) is 14.8. The number of aromatic nitrogens is 3. The predicted molar refractivity (Wildman–Crippen MR) is 86.9 cm³/mol. The summed E-state index contributed by atoms with van der Waals surface area (Å²) in [4.78, 5) is 17.0. The van der Waals surface area contributed by atoms with Crippen LogP contribution in [0.1, 0.15) is 18.2 Å². The van der Waals surface area contributed by atoms with E-state index in [1.54, 1.807) is 12.3 Å². The van der Waals surface area contributed by atoms with E-state index in [1.807, 2.05) is 0 Å². The van der Waals surface area contributed by atoms with Crippen molar-refractivity contribution in [3.63, 3.8) is 0 Å². The fourth-order valence-corrected chi connectivity index (χ4v) is 2.68. The van der Waals surface area contributed by atoms with E-state index in [4.69, 9.17) is 4.74 Å². The lowest BCUT2D eigenvalue weighted by molar-refractivity contribution is -0.213. The summed E-state index contributed by atoms with van der Waals surface area (Å²) in [7, 11) is 0. The second-order valence-electron chi connectivity index (χ2n) is 6.57. The Labute approximate surface area is 156 Å². The number of ether oxygens (including phenoxy) is 1. The van der Waals surface area contributed by atoms with E-state index in [-0.39, 0.29) is 19.6 Å². The monoisotopic (exact) mass is 407 g/mol. The molecule has 12 heteroatoms. The highest BCUT2D eigenvalue weighted by atomic mass is 19.4. The number of halogens is 5. The summed E-state index contributed by atoms with van der Waals surface area (Å²) in [6, 6.07) is 0.987. The van der Waals surface area contributed by atoms with E-state index in [1.165, 1.54) is 10.7 Å². The number of fused-ring (bicyclic) bond motifs is 1. The number of imidazole rings is 1. The third-order valence-corrected chi connectivity index (χ3v) is 4.19. The first-order valence-corrected chi connectivity index (χ1v) is 8.46. The third-order valence-electron chi connectivity index (χ3n) is 4.19. The number of alkyl halides is 5. The van der Waals surface area contributed by atoms with Crippen LogP contribution in [0.25, 0.3) is 5.65 Å². The Balaban J connectivity index is 1.63. The molecule has 1 N–H and O–H groups in total. The molecule has 1 aliphatic rings. The van der Waals surface area contributed by atoms with E-state index >= 15 is 0 Å². The number of carbonyl (C=O) groups is 1. The first-order chi connectivity index (χ1) is 13.0. The maximum Gasteiger partial charge on any atom is 0.414 e. The highest BCUT2D eigenvalue weighted by Gasteiger charge is 2.39. The fraction of sp³-hybridized carbons (Fsp3) is 0.562. The molecule has 2 amide bonds. The van der Waals surface area contributed by atoms with Crippen molar-refractivity contribution >= 4 is 11.7 Å². The Morgan fingerprint density at radius 1 is 1.39 bits per heavy atom. The van der Waals surface area contributed by atoms with Gasteiger partial charge in [-0.15, -0.1) is 0 Å². The molecule has 1 saturated heterocycles. The molecule has 1 fully saturated rings. The Morgan fingerprint density at radius 2 is 2.14 bits per heavy atom. The molecule has 0 bridgehead atoms. The minimum Gasteiger partial charge on any atom is -0.369 e. The molecule has 0 saturated carbocycles. The van der Waals surface area contributed by atoms with Gasteiger partial charge in [0.15, 0.2) is 11.8 Å². The molecule has 7 nitrogen and oxygen atoms in total. The number of urea groups is 1. The van der Waals surface area contributed by atoms with Gasteiger partial charge in [-0.2, -0.15) is 18.3 Å². The van der Waals surface area contributed by atoms with Crippen LogP contribution in [0.3, 0.4) is 0 Å². The largest absolute Gasteiger partial charge is 0.414 e. The van der Waals surface area contributed by atoms with Gasteiger partial charge in [0, 0.05) is 13.0 Å². The summed E-state index contributed by atoms with van der Waals surface area (Å²) in [5, 5.41) is 6.23. The topological polar surface area (TPSA) is 71.8 Å². The van der Waals surface area contributed by atoms with Gasteiger partial charge in [0.1, 0.15) is 0 Å². The Bertz CT molecular complexity index is 854. The molecule has 3 rings (SSSR count). The maximum absolute atomic E-state index is 13.5. The predicted octanol–water partition coefficient (Wildman–Crippen LogP) is 2.40. The summed E-state index contributed by atoms with van der Waals surface area (Å²) < 4.78 is 70.4. The van der Waals surface area contributed by atoms with Crippen molar-refractivity contribution in [2.45, 2.75) is 38.1 Å². The van der Waals surface area contributed by atoms with Crippen molar-refractivity contribution in [2.24, 2.45) is 0 Å². The first kappa shape index (κ1) is 20.2. The highest BCUT2D eigenvalue weighted by Crippen LogP contribution is 2.23. The zero-order valence-electron chi connectivity index (χ0n) is 14.8. The van der Waals surface area contributed by atoms with Crippen LogP contribution < -0.4 is 5.32 Å². The number of amides is 2.